The molecule has 7 nitrogen and oxygen atoms in total. The van der Waals surface area contributed by atoms with Crippen LogP contribution in [-0.4, -0.2) is 89.8 Å². The Labute approximate surface area is 268 Å². The molecule has 3 aliphatic heterocycles. The number of carbonyl (C=O) groups excluding carboxylic acids is 3. The monoisotopic (exact) mass is 610 g/mol. The second-order valence-corrected chi connectivity index (χ2v) is 15.4. The van der Waals surface area contributed by atoms with Gasteiger partial charge in [-0.1, -0.05) is 55.8 Å². The lowest BCUT2D eigenvalue weighted by Gasteiger charge is -2.40. The Morgan fingerprint density at radius 1 is 0.800 bits per heavy atom. The Morgan fingerprint density at radius 3 is 2.22 bits per heavy atom. The average Bonchev–Trinajstić information content (AvgIpc) is 3.90. The molecule has 0 radical (unpaired) electrons. The topological polar surface area (TPSA) is 64.2 Å². The Kier molecular flexibility index (Phi) is 7.66. The van der Waals surface area contributed by atoms with Gasteiger partial charge in [0.15, 0.2) is 0 Å². The third kappa shape index (κ3) is 4.90. The number of nitrogens with zero attached hydrogens (tertiary/aromatic N) is 4. The zero-order valence-electron chi connectivity index (χ0n) is 27.2. The van der Waals surface area contributed by atoms with Gasteiger partial charge in [0.2, 0.25) is 11.8 Å². The number of piperidine rings is 1. The van der Waals surface area contributed by atoms with Gasteiger partial charge in [0.25, 0.3) is 0 Å². The van der Waals surface area contributed by atoms with Crippen LogP contribution in [0.2, 0.25) is 0 Å². The number of amides is 4. The number of rotatable bonds is 6. The number of imide groups is 1. The maximum Gasteiger partial charge on any atom is 0.320 e. The highest BCUT2D eigenvalue weighted by Crippen LogP contribution is 2.60. The predicted octanol–water partition coefficient (Wildman–Crippen LogP) is 5.84. The molecule has 0 spiro atoms. The van der Waals surface area contributed by atoms with E-state index in [0.717, 1.165) is 58.4 Å². The van der Waals surface area contributed by atoms with Gasteiger partial charge in [0.05, 0.1) is 11.8 Å². The summed E-state index contributed by atoms with van der Waals surface area (Å²) < 4.78 is 0. The molecule has 3 heterocycles. The maximum atomic E-state index is 14.0. The zero-order valence-corrected chi connectivity index (χ0v) is 27.2. The van der Waals surface area contributed by atoms with Gasteiger partial charge in [-0.3, -0.25) is 14.5 Å². The summed E-state index contributed by atoms with van der Waals surface area (Å²) in [6, 6.07) is 15.7. The minimum Gasteiger partial charge on any atom is -0.325 e. The van der Waals surface area contributed by atoms with Crippen molar-refractivity contribution in [2.75, 3.05) is 46.3 Å². The van der Waals surface area contributed by atoms with Gasteiger partial charge in [-0.15, -0.1) is 0 Å². The molecule has 3 saturated carbocycles. The standard InChI is InChI=1S/C38H50N4O3/c1-24-31-21-32(35(24)39(2)38(45)41-17-5-6-18-41)34-33(31)36(43)42(37(34)44)23-28-12-7-11-27(28)22-40-19-15-26(16-20-40)30-14-8-10-25-9-3-4-13-29(25)30/h3-4,8-10,13-14,24,26-28,31-35H,5-7,11-12,15-23H2,1-2H3/t24?,27-,28?,31?,32?,33?,34?,35?/m1/s1. The van der Waals surface area contributed by atoms with Crippen molar-refractivity contribution in [2.45, 2.75) is 70.3 Å². The molecule has 4 amide bonds. The summed E-state index contributed by atoms with van der Waals surface area (Å²) in [7, 11) is 1.94. The predicted molar refractivity (Wildman–Crippen MR) is 175 cm³/mol. The first-order valence-electron chi connectivity index (χ1n) is 18.0. The molecule has 8 atom stereocenters. The van der Waals surface area contributed by atoms with Crippen LogP contribution in [0.1, 0.15) is 69.8 Å². The Bertz CT molecular complexity index is 1460. The molecule has 8 rings (SSSR count). The number of hydrogen-bond donors (Lipinski definition) is 0. The van der Waals surface area contributed by atoms with Crippen LogP contribution in [0.15, 0.2) is 42.5 Å². The molecule has 2 aromatic carbocycles. The molecule has 45 heavy (non-hydrogen) atoms. The molecule has 240 valence electrons. The van der Waals surface area contributed by atoms with Crippen molar-refractivity contribution < 1.29 is 14.4 Å². The number of fused-ring (bicyclic) bond motifs is 6. The fourth-order valence-corrected chi connectivity index (χ4v) is 11.1. The summed E-state index contributed by atoms with van der Waals surface area (Å²) in [5.41, 5.74) is 1.50. The van der Waals surface area contributed by atoms with E-state index in [4.69, 9.17) is 0 Å². The minimum atomic E-state index is -0.231. The van der Waals surface area contributed by atoms with Crippen molar-refractivity contribution >= 4 is 28.6 Å². The number of carbonyl (C=O) groups is 3. The van der Waals surface area contributed by atoms with Crippen molar-refractivity contribution in [3.63, 3.8) is 0 Å². The van der Waals surface area contributed by atoms with Crippen LogP contribution in [0, 0.1) is 41.4 Å². The van der Waals surface area contributed by atoms with Crippen LogP contribution < -0.4 is 0 Å². The molecule has 6 aliphatic rings. The Morgan fingerprint density at radius 2 is 1.47 bits per heavy atom. The summed E-state index contributed by atoms with van der Waals surface area (Å²) in [5, 5.41) is 2.74. The molecular weight excluding hydrogens is 560 g/mol. The lowest BCUT2D eigenvalue weighted by Crippen LogP contribution is -2.52. The van der Waals surface area contributed by atoms with Crippen molar-refractivity contribution in [3.05, 3.63) is 48.0 Å². The summed E-state index contributed by atoms with van der Waals surface area (Å²) in [5.74, 6) is 1.89. The van der Waals surface area contributed by atoms with Crippen molar-refractivity contribution in [3.8, 4) is 0 Å². The number of hydrogen-bond acceptors (Lipinski definition) is 4. The molecule has 7 unspecified atom stereocenters. The van der Waals surface area contributed by atoms with E-state index in [9.17, 15) is 14.4 Å². The number of urea groups is 1. The molecule has 0 aromatic heterocycles. The maximum absolute atomic E-state index is 14.0. The SMILES string of the molecule is CC1C2CC(C3C(=O)N(CC4CCC[C@@H]4CN4CCC(c5cccc6ccccc56)CC4)C(=O)C23)C1N(C)C(=O)N1CCCC1. The summed E-state index contributed by atoms with van der Waals surface area (Å²) in [6.45, 7) is 7.81. The van der Waals surface area contributed by atoms with Crippen molar-refractivity contribution in [2.24, 2.45) is 41.4 Å². The second kappa shape index (κ2) is 11.7. The third-order valence-corrected chi connectivity index (χ3v) is 13.3. The quantitative estimate of drug-likeness (QED) is 0.386. The first-order valence-corrected chi connectivity index (χ1v) is 18.0. The second-order valence-electron chi connectivity index (χ2n) is 15.4. The lowest BCUT2D eigenvalue weighted by molar-refractivity contribution is -0.141. The Balaban J connectivity index is 0.898. The van der Waals surface area contributed by atoms with E-state index < -0.39 is 0 Å². The fourth-order valence-electron chi connectivity index (χ4n) is 11.1. The van der Waals surface area contributed by atoms with Gasteiger partial charge in [-0.05, 0) is 110 Å². The molecule has 2 bridgehead atoms. The first kappa shape index (κ1) is 29.5. The summed E-state index contributed by atoms with van der Waals surface area (Å²) in [4.78, 5) is 49.5. The van der Waals surface area contributed by atoms with Gasteiger partial charge in [-0.25, -0.2) is 4.79 Å². The highest BCUT2D eigenvalue weighted by Gasteiger charge is 2.67. The smallest absolute Gasteiger partial charge is 0.320 e. The van der Waals surface area contributed by atoms with E-state index in [1.807, 2.05) is 16.8 Å². The molecule has 3 saturated heterocycles. The third-order valence-electron chi connectivity index (χ3n) is 13.3. The van der Waals surface area contributed by atoms with E-state index in [-0.39, 0.29) is 53.5 Å². The van der Waals surface area contributed by atoms with Crippen molar-refractivity contribution in [1.82, 2.24) is 19.6 Å². The summed E-state index contributed by atoms with van der Waals surface area (Å²) >= 11 is 0. The van der Waals surface area contributed by atoms with Crippen LogP contribution in [0.4, 0.5) is 4.79 Å². The number of likely N-dealkylation sites (tertiary alicyclic amines) is 3. The van der Waals surface area contributed by atoms with Gasteiger partial charge < -0.3 is 14.7 Å². The average molecular weight is 611 g/mol. The normalized spacial score (nSPS) is 35.2. The number of benzene rings is 2. The van der Waals surface area contributed by atoms with E-state index in [2.05, 4.69) is 54.3 Å². The van der Waals surface area contributed by atoms with E-state index in [0.29, 0.717) is 24.3 Å². The molecule has 0 N–H and O–H groups in total. The molecular formula is C38H50N4O3. The van der Waals surface area contributed by atoms with E-state index >= 15 is 0 Å². The van der Waals surface area contributed by atoms with Crippen LogP contribution in [-0.2, 0) is 9.59 Å². The van der Waals surface area contributed by atoms with E-state index in [1.54, 1.807) is 4.90 Å². The lowest BCUT2D eigenvalue weighted by atomic mass is 9.72. The van der Waals surface area contributed by atoms with Crippen LogP contribution in [0.3, 0.4) is 0 Å². The first-order chi connectivity index (χ1) is 21.9. The van der Waals surface area contributed by atoms with Gasteiger partial charge in [-0.2, -0.15) is 0 Å². The highest BCUT2D eigenvalue weighted by molar-refractivity contribution is 6.06. The van der Waals surface area contributed by atoms with Gasteiger partial charge >= 0.3 is 6.03 Å². The summed E-state index contributed by atoms with van der Waals surface area (Å²) in [6.07, 6.45) is 8.94. The highest BCUT2D eigenvalue weighted by atomic mass is 16.2. The Hall–Kier alpha value is -2.93. The minimum absolute atomic E-state index is 0.0529. The molecule has 3 aliphatic carbocycles. The fraction of sp³-hybridized carbons (Fsp3) is 0.658. The van der Waals surface area contributed by atoms with Gasteiger partial charge in [0, 0.05) is 39.3 Å². The van der Waals surface area contributed by atoms with Crippen LogP contribution >= 0.6 is 0 Å². The van der Waals surface area contributed by atoms with Crippen LogP contribution in [0.5, 0.6) is 0 Å². The van der Waals surface area contributed by atoms with Crippen molar-refractivity contribution in [1.29, 1.82) is 0 Å². The van der Waals surface area contributed by atoms with Gasteiger partial charge in [0.1, 0.15) is 0 Å². The van der Waals surface area contributed by atoms with Crippen LogP contribution in [0.25, 0.3) is 10.8 Å². The largest absolute Gasteiger partial charge is 0.325 e. The molecule has 2 aromatic rings. The molecule has 7 heteroatoms. The van der Waals surface area contributed by atoms with E-state index in [1.165, 1.54) is 42.0 Å². The zero-order chi connectivity index (χ0) is 30.8. The molecule has 6 fully saturated rings.